The van der Waals surface area contributed by atoms with E-state index in [0.29, 0.717) is 6.04 Å². The van der Waals surface area contributed by atoms with Crippen molar-refractivity contribution >= 4 is 11.8 Å². The van der Waals surface area contributed by atoms with Gasteiger partial charge in [-0.1, -0.05) is 48.2 Å². The third kappa shape index (κ3) is 3.90. The van der Waals surface area contributed by atoms with E-state index >= 15 is 0 Å². The van der Waals surface area contributed by atoms with Crippen LogP contribution >= 0.6 is 11.8 Å². The summed E-state index contributed by atoms with van der Waals surface area (Å²) in [5.41, 5.74) is 3.18. The maximum atomic E-state index is 3.81. The summed E-state index contributed by atoms with van der Waals surface area (Å²) in [5.74, 6) is 0. The van der Waals surface area contributed by atoms with E-state index in [1.807, 2.05) is 17.8 Å². The van der Waals surface area contributed by atoms with E-state index in [9.17, 15) is 0 Å². The maximum Gasteiger partial charge on any atom is 0.0360 e. The molecule has 2 aliphatic heterocycles. The molecule has 0 spiro atoms. The molecule has 2 heterocycles. The molecule has 1 fully saturated rings. The molecule has 0 N–H and O–H groups in total. The molecule has 23 heavy (non-hydrogen) atoms. The topological polar surface area (TPSA) is 6.48 Å². The molecule has 3 rings (SSSR count). The van der Waals surface area contributed by atoms with Crippen LogP contribution < -0.4 is 0 Å². The van der Waals surface area contributed by atoms with E-state index in [2.05, 4.69) is 54.7 Å². The summed E-state index contributed by atoms with van der Waals surface area (Å²) < 4.78 is 0. The third-order valence-electron chi connectivity index (χ3n) is 5.07. The molecular formula is C20H28N2S. The zero-order chi connectivity index (χ0) is 16.2. The summed E-state index contributed by atoms with van der Waals surface area (Å²) in [6.45, 7) is 10.9. The summed E-state index contributed by atoms with van der Waals surface area (Å²) >= 11 is 1.95. The standard InChI is InChI=1S/C20H28N2S/c1-4-5-9-19-16(2)15-18(22-13-11-21(3)12-14-22)17-8-6-7-10-20(17)23-19/h4-5,7,9-10,18H,1,6,8,11-15H2,2-3H3/b9-5-. The molecule has 0 saturated carbocycles. The lowest BCUT2D eigenvalue weighted by atomic mass is 9.91. The van der Waals surface area contributed by atoms with Crippen molar-refractivity contribution in [2.24, 2.45) is 0 Å². The van der Waals surface area contributed by atoms with Gasteiger partial charge >= 0.3 is 0 Å². The highest BCUT2D eigenvalue weighted by atomic mass is 32.2. The Morgan fingerprint density at radius 1 is 1.26 bits per heavy atom. The van der Waals surface area contributed by atoms with E-state index in [1.54, 1.807) is 5.57 Å². The minimum atomic E-state index is 0.589. The smallest absolute Gasteiger partial charge is 0.0360 e. The predicted molar refractivity (Wildman–Crippen MR) is 103 cm³/mol. The monoisotopic (exact) mass is 328 g/mol. The zero-order valence-electron chi connectivity index (χ0n) is 14.4. The average Bonchev–Trinajstić information content (AvgIpc) is 2.71. The van der Waals surface area contributed by atoms with Gasteiger partial charge in [0.25, 0.3) is 0 Å². The SMILES string of the molecule is C=C/C=C\C1=C(C)CC(N2CCN(C)CC2)C2=C(C=CCC2)S1. The van der Waals surface area contributed by atoms with Gasteiger partial charge < -0.3 is 4.90 Å². The Morgan fingerprint density at radius 2 is 2.04 bits per heavy atom. The summed E-state index contributed by atoms with van der Waals surface area (Å²) in [6.07, 6.45) is 14.4. The van der Waals surface area contributed by atoms with Gasteiger partial charge in [-0.05, 0) is 44.9 Å². The van der Waals surface area contributed by atoms with Crippen molar-refractivity contribution < 1.29 is 0 Å². The molecular weight excluding hydrogens is 300 g/mol. The highest BCUT2D eigenvalue weighted by Crippen LogP contribution is 2.43. The summed E-state index contributed by atoms with van der Waals surface area (Å²) in [7, 11) is 2.23. The molecule has 1 aliphatic carbocycles. The van der Waals surface area contributed by atoms with Gasteiger partial charge in [-0.15, -0.1) is 0 Å². The Balaban J connectivity index is 1.90. The lowest BCUT2D eigenvalue weighted by Gasteiger charge is -2.39. The lowest BCUT2D eigenvalue weighted by Crippen LogP contribution is -2.49. The second-order valence-electron chi connectivity index (χ2n) is 6.73. The van der Waals surface area contributed by atoms with E-state index in [1.165, 1.54) is 60.8 Å². The predicted octanol–water partition coefficient (Wildman–Crippen LogP) is 4.36. The minimum absolute atomic E-state index is 0.589. The van der Waals surface area contributed by atoms with Gasteiger partial charge in [0.05, 0.1) is 0 Å². The van der Waals surface area contributed by atoms with Crippen LogP contribution in [-0.2, 0) is 0 Å². The van der Waals surface area contributed by atoms with Gasteiger partial charge in [-0.2, -0.15) is 0 Å². The molecule has 3 heteroatoms. The molecule has 1 saturated heterocycles. The molecule has 0 aromatic carbocycles. The maximum absolute atomic E-state index is 3.81. The van der Waals surface area contributed by atoms with Crippen molar-refractivity contribution in [3.63, 3.8) is 0 Å². The van der Waals surface area contributed by atoms with Gasteiger partial charge in [-0.25, -0.2) is 0 Å². The third-order valence-corrected chi connectivity index (χ3v) is 6.39. The Labute approximate surface area is 145 Å². The fraction of sp³-hybridized carbons (Fsp3) is 0.500. The Morgan fingerprint density at radius 3 is 2.78 bits per heavy atom. The molecule has 1 unspecified atom stereocenters. The van der Waals surface area contributed by atoms with Crippen molar-refractivity contribution in [2.45, 2.75) is 32.2 Å². The molecule has 2 nitrogen and oxygen atoms in total. The van der Waals surface area contributed by atoms with Crippen molar-refractivity contribution in [1.82, 2.24) is 9.80 Å². The van der Waals surface area contributed by atoms with Crippen LogP contribution in [-0.4, -0.2) is 49.1 Å². The van der Waals surface area contributed by atoms with Gasteiger partial charge in [0.15, 0.2) is 0 Å². The molecule has 1 atom stereocenters. The summed E-state index contributed by atoms with van der Waals surface area (Å²) in [4.78, 5) is 8.05. The first-order chi connectivity index (χ1) is 11.2. The largest absolute Gasteiger partial charge is 0.304 e. The molecule has 3 aliphatic rings. The first-order valence-electron chi connectivity index (χ1n) is 8.68. The molecule has 0 aromatic rings. The molecule has 0 amide bonds. The van der Waals surface area contributed by atoms with Crippen LogP contribution in [0.4, 0.5) is 0 Å². The lowest BCUT2D eigenvalue weighted by molar-refractivity contribution is 0.123. The van der Waals surface area contributed by atoms with Gasteiger partial charge in [0.1, 0.15) is 0 Å². The Bertz CT molecular complexity index is 574. The van der Waals surface area contributed by atoms with Gasteiger partial charge in [0.2, 0.25) is 0 Å². The fourth-order valence-corrected chi connectivity index (χ4v) is 4.80. The molecule has 124 valence electrons. The van der Waals surface area contributed by atoms with Crippen LogP contribution in [0.15, 0.2) is 57.9 Å². The van der Waals surface area contributed by atoms with E-state index in [0.717, 1.165) is 0 Å². The van der Waals surface area contributed by atoms with E-state index in [-0.39, 0.29) is 0 Å². The van der Waals surface area contributed by atoms with Crippen molar-refractivity contribution in [2.75, 3.05) is 33.2 Å². The number of piperazine rings is 1. The van der Waals surface area contributed by atoms with Crippen LogP contribution in [0, 0.1) is 0 Å². The summed E-state index contributed by atoms with van der Waals surface area (Å²) in [6, 6.07) is 0.589. The minimum Gasteiger partial charge on any atom is -0.304 e. The number of likely N-dealkylation sites (N-methyl/N-ethyl adjacent to an activating group) is 1. The fourth-order valence-electron chi connectivity index (χ4n) is 3.62. The zero-order valence-corrected chi connectivity index (χ0v) is 15.2. The second kappa shape index (κ2) is 7.69. The highest BCUT2D eigenvalue weighted by molar-refractivity contribution is 8.07. The van der Waals surface area contributed by atoms with E-state index in [4.69, 9.17) is 0 Å². The quantitative estimate of drug-likeness (QED) is 0.711. The molecule has 0 bridgehead atoms. The number of nitrogens with zero attached hydrogens (tertiary/aromatic N) is 2. The van der Waals surface area contributed by atoms with Crippen molar-refractivity contribution in [3.05, 3.63) is 57.9 Å². The van der Waals surface area contributed by atoms with Gasteiger partial charge in [-0.3, -0.25) is 4.90 Å². The van der Waals surface area contributed by atoms with Crippen LogP contribution in [0.5, 0.6) is 0 Å². The second-order valence-corrected chi connectivity index (χ2v) is 7.81. The van der Waals surface area contributed by atoms with Crippen LogP contribution in [0.2, 0.25) is 0 Å². The van der Waals surface area contributed by atoms with Crippen LogP contribution in [0.25, 0.3) is 0 Å². The average molecular weight is 329 g/mol. The number of hydrogen-bond donors (Lipinski definition) is 0. The highest BCUT2D eigenvalue weighted by Gasteiger charge is 2.30. The number of thioether (sulfide) groups is 1. The van der Waals surface area contributed by atoms with E-state index < -0.39 is 0 Å². The first kappa shape index (κ1) is 16.8. The Hall–Kier alpha value is -1.03. The van der Waals surface area contributed by atoms with Crippen LogP contribution in [0.3, 0.4) is 0 Å². The summed E-state index contributed by atoms with van der Waals surface area (Å²) in [5, 5.41) is 0. The Kier molecular flexibility index (Phi) is 5.62. The first-order valence-corrected chi connectivity index (χ1v) is 9.49. The molecule has 0 aromatic heterocycles. The number of allylic oxidation sites excluding steroid dienone is 5. The van der Waals surface area contributed by atoms with Crippen molar-refractivity contribution in [3.8, 4) is 0 Å². The normalized spacial score (nSPS) is 27.5. The van der Waals surface area contributed by atoms with Gasteiger partial charge in [0, 0.05) is 42.0 Å². The number of hydrogen-bond acceptors (Lipinski definition) is 3. The van der Waals surface area contributed by atoms with Crippen molar-refractivity contribution in [1.29, 1.82) is 0 Å². The number of rotatable bonds is 3. The van der Waals surface area contributed by atoms with Crippen LogP contribution in [0.1, 0.15) is 26.2 Å². The molecule has 0 radical (unpaired) electrons.